The molecule has 2 aromatic heterocycles. The molecule has 0 aliphatic carbocycles. The quantitative estimate of drug-likeness (QED) is 0.857. The van der Waals surface area contributed by atoms with Crippen LogP contribution < -0.4 is 15.0 Å². The lowest BCUT2D eigenvalue weighted by Crippen LogP contribution is -2.52. The first-order valence-corrected chi connectivity index (χ1v) is 9.52. The fourth-order valence-corrected chi connectivity index (χ4v) is 3.87. The van der Waals surface area contributed by atoms with Gasteiger partial charge in [0.05, 0.1) is 24.4 Å². The number of hydrogen-bond donors (Lipinski definition) is 1. The molecule has 140 valence electrons. The molecule has 9 heteroatoms. The first kappa shape index (κ1) is 18.4. The lowest BCUT2D eigenvalue weighted by molar-refractivity contribution is 0.193. The van der Waals surface area contributed by atoms with Gasteiger partial charge in [0.2, 0.25) is 11.8 Å². The number of thiazole rings is 1. The van der Waals surface area contributed by atoms with E-state index in [4.69, 9.17) is 4.74 Å². The molecular formula is C17H24N6O2S. The van der Waals surface area contributed by atoms with Crippen molar-refractivity contribution < 1.29 is 9.53 Å². The number of piperazine rings is 1. The summed E-state index contributed by atoms with van der Waals surface area (Å²) in [6, 6.07) is 1.68. The van der Waals surface area contributed by atoms with Gasteiger partial charge in [-0.1, -0.05) is 6.92 Å². The Labute approximate surface area is 157 Å². The normalized spacial score (nSPS) is 14.4. The zero-order valence-corrected chi connectivity index (χ0v) is 16.2. The number of anilines is 1. The first-order valence-electron chi connectivity index (χ1n) is 8.70. The number of rotatable bonds is 5. The van der Waals surface area contributed by atoms with Gasteiger partial charge in [-0.2, -0.15) is 4.98 Å². The molecule has 1 aliphatic heterocycles. The van der Waals surface area contributed by atoms with Crippen LogP contribution in [0.3, 0.4) is 0 Å². The molecule has 2 amide bonds. The number of urea groups is 1. The molecule has 2 aromatic rings. The summed E-state index contributed by atoms with van der Waals surface area (Å²) in [5.41, 5.74) is 1.08. The molecule has 1 fully saturated rings. The van der Waals surface area contributed by atoms with Crippen molar-refractivity contribution in [2.75, 3.05) is 38.2 Å². The molecule has 0 saturated carbocycles. The number of ether oxygens (including phenoxy) is 1. The Bertz CT molecular complexity index is 757. The van der Waals surface area contributed by atoms with E-state index in [0.29, 0.717) is 44.6 Å². The Hall–Kier alpha value is -2.42. The molecule has 0 atom stereocenters. The van der Waals surface area contributed by atoms with Crippen LogP contribution in [0.4, 0.5) is 10.7 Å². The second-order valence-electron chi connectivity index (χ2n) is 5.99. The Morgan fingerprint density at radius 1 is 1.31 bits per heavy atom. The van der Waals surface area contributed by atoms with E-state index in [1.165, 1.54) is 0 Å². The van der Waals surface area contributed by atoms with E-state index in [1.807, 2.05) is 11.8 Å². The van der Waals surface area contributed by atoms with Gasteiger partial charge >= 0.3 is 6.03 Å². The molecule has 0 unspecified atom stereocenters. The van der Waals surface area contributed by atoms with Crippen molar-refractivity contribution >= 4 is 23.3 Å². The van der Waals surface area contributed by atoms with Gasteiger partial charge in [0, 0.05) is 43.3 Å². The van der Waals surface area contributed by atoms with Crippen LogP contribution in [0.5, 0.6) is 5.88 Å². The number of carbonyl (C=O) groups is 1. The van der Waals surface area contributed by atoms with Crippen molar-refractivity contribution in [3.05, 3.63) is 27.8 Å². The Morgan fingerprint density at radius 3 is 2.77 bits per heavy atom. The maximum absolute atomic E-state index is 12.5. The van der Waals surface area contributed by atoms with E-state index >= 15 is 0 Å². The van der Waals surface area contributed by atoms with E-state index < -0.39 is 0 Å². The second-order valence-corrected chi connectivity index (χ2v) is 7.28. The fraction of sp³-hybridized carbons (Fsp3) is 0.529. The summed E-state index contributed by atoms with van der Waals surface area (Å²) in [6.07, 6.45) is 2.57. The van der Waals surface area contributed by atoms with Crippen LogP contribution in [0.2, 0.25) is 0 Å². The van der Waals surface area contributed by atoms with E-state index in [9.17, 15) is 4.79 Å². The molecule has 3 heterocycles. The van der Waals surface area contributed by atoms with Crippen LogP contribution in [-0.2, 0) is 13.0 Å². The van der Waals surface area contributed by atoms with E-state index in [2.05, 4.69) is 32.1 Å². The van der Waals surface area contributed by atoms with Gasteiger partial charge < -0.3 is 19.9 Å². The smallest absolute Gasteiger partial charge is 0.317 e. The number of hydrogen-bond acceptors (Lipinski definition) is 7. The molecule has 0 spiro atoms. The number of methoxy groups -OCH3 is 1. The summed E-state index contributed by atoms with van der Waals surface area (Å²) >= 11 is 1.65. The number of carbonyl (C=O) groups excluding carboxylic acids is 1. The number of aromatic nitrogens is 3. The predicted octanol–water partition coefficient (Wildman–Crippen LogP) is 1.84. The molecule has 1 N–H and O–H groups in total. The third kappa shape index (κ3) is 4.21. The molecule has 3 rings (SSSR count). The minimum atomic E-state index is -0.0377. The topological polar surface area (TPSA) is 83.5 Å². The monoisotopic (exact) mass is 376 g/mol. The van der Waals surface area contributed by atoms with Crippen molar-refractivity contribution in [1.29, 1.82) is 0 Å². The van der Waals surface area contributed by atoms with Crippen molar-refractivity contribution in [1.82, 2.24) is 25.2 Å². The maximum atomic E-state index is 12.5. The van der Waals surface area contributed by atoms with Gasteiger partial charge in [0.15, 0.2) is 0 Å². The molecule has 8 nitrogen and oxygen atoms in total. The Kier molecular flexibility index (Phi) is 5.87. The van der Waals surface area contributed by atoms with Crippen molar-refractivity contribution in [2.24, 2.45) is 0 Å². The van der Waals surface area contributed by atoms with Crippen molar-refractivity contribution in [3.8, 4) is 5.88 Å². The number of aryl methyl sites for hydroxylation is 2. The minimum Gasteiger partial charge on any atom is -0.481 e. The van der Waals surface area contributed by atoms with Gasteiger partial charge in [-0.25, -0.2) is 14.8 Å². The summed E-state index contributed by atoms with van der Waals surface area (Å²) < 4.78 is 5.14. The average Bonchev–Trinajstić information content (AvgIpc) is 3.06. The van der Waals surface area contributed by atoms with E-state index in [-0.39, 0.29) is 6.03 Å². The second kappa shape index (κ2) is 8.31. The SMILES string of the molecule is CCc1nc(C)sc1CNC(=O)N1CCN(c2nccc(OC)n2)CC1. The lowest BCUT2D eigenvalue weighted by Gasteiger charge is -2.34. The molecule has 0 bridgehead atoms. The summed E-state index contributed by atoms with van der Waals surface area (Å²) in [5.74, 6) is 1.18. The van der Waals surface area contributed by atoms with Crippen LogP contribution in [0.25, 0.3) is 0 Å². The van der Waals surface area contributed by atoms with Crippen LogP contribution in [-0.4, -0.2) is 59.2 Å². The third-order valence-corrected chi connectivity index (χ3v) is 5.31. The van der Waals surface area contributed by atoms with E-state index in [0.717, 1.165) is 22.0 Å². The molecular weight excluding hydrogens is 352 g/mol. The summed E-state index contributed by atoms with van der Waals surface area (Å²) in [7, 11) is 1.59. The number of amides is 2. The standard InChI is InChI=1S/C17H24N6O2S/c1-4-13-14(26-12(2)20-13)11-19-17(24)23-9-7-22(8-10-23)16-18-6-5-15(21-16)25-3/h5-6H,4,7-11H2,1-3H3,(H,19,24). The highest BCUT2D eigenvalue weighted by Crippen LogP contribution is 2.18. The summed E-state index contributed by atoms with van der Waals surface area (Å²) in [4.78, 5) is 30.6. The highest BCUT2D eigenvalue weighted by molar-refractivity contribution is 7.11. The number of nitrogens with zero attached hydrogens (tertiary/aromatic N) is 5. The highest BCUT2D eigenvalue weighted by atomic mass is 32.1. The molecule has 0 radical (unpaired) electrons. The molecule has 1 saturated heterocycles. The van der Waals surface area contributed by atoms with Gasteiger partial charge in [0.1, 0.15) is 0 Å². The van der Waals surface area contributed by atoms with Crippen LogP contribution in [0, 0.1) is 6.92 Å². The van der Waals surface area contributed by atoms with Crippen molar-refractivity contribution in [2.45, 2.75) is 26.8 Å². The average molecular weight is 376 g/mol. The first-order chi connectivity index (χ1) is 12.6. The molecule has 0 aromatic carbocycles. The zero-order chi connectivity index (χ0) is 18.5. The third-order valence-electron chi connectivity index (χ3n) is 4.30. The van der Waals surface area contributed by atoms with Crippen LogP contribution >= 0.6 is 11.3 Å². The minimum absolute atomic E-state index is 0.0377. The lowest BCUT2D eigenvalue weighted by atomic mass is 10.3. The predicted molar refractivity (Wildman–Crippen MR) is 101 cm³/mol. The van der Waals surface area contributed by atoms with Crippen molar-refractivity contribution in [3.63, 3.8) is 0 Å². The highest BCUT2D eigenvalue weighted by Gasteiger charge is 2.23. The summed E-state index contributed by atoms with van der Waals surface area (Å²) in [6.45, 7) is 7.27. The van der Waals surface area contributed by atoms with Crippen LogP contribution in [0.1, 0.15) is 22.5 Å². The van der Waals surface area contributed by atoms with Gasteiger partial charge in [-0.15, -0.1) is 11.3 Å². The van der Waals surface area contributed by atoms with Gasteiger partial charge in [0.25, 0.3) is 0 Å². The Morgan fingerprint density at radius 2 is 2.08 bits per heavy atom. The summed E-state index contributed by atoms with van der Waals surface area (Å²) in [5, 5.41) is 4.06. The van der Waals surface area contributed by atoms with Gasteiger partial charge in [-0.05, 0) is 13.3 Å². The number of nitrogens with one attached hydrogen (secondary N) is 1. The molecule has 1 aliphatic rings. The molecule has 26 heavy (non-hydrogen) atoms. The van der Waals surface area contributed by atoms with Crippen LogP contribution in [0.15, 0.2) is 12.3 Å². The van der Waals surface area contributed by atoms with E-state index in [1.54, 1.807) is 30.7 Å². The maximum Gasteiger partial charge on any atom is 0.317 e. The van der Waals surface area contributed by atoms with Gasteiger partial charge in [-0.3, -0.25) is 0 Å². The fourth-order valence-electron chi connectivity index (χ4n) is 2.90. The largest absolute Gasteiger partial charge is 0.481 e. The Balaban J connectivity index is 1.51. The zero-order valence-electron chi connectivity index (χ0n) is 15.4.